The molecule has 100 valence electrons. The first kappa shape index (κ1) is 14.6. The van der Waals surface area contributed by atoms with Crippen molar-refractivity contribution in [2.24, 2.45) is 5.92 Å². The van der Waals surface area contributed by atoms with E-state index in [0.29, 0.717) is 5.75 Å². The number of ether oxygens (including phenoxy) is 1. The Balaban J connectivity index is 0.000000771. The lowest BCUT2D eigenvalue weighted by Gasteiger charge is -2.13. The van der Waals surface area contributed by atoms with Crippen LogP contribution in [0.2, 0.25) is 0 Å². The molecule has 1 aliphatic carbocycles. The van der Waals surface area contributed by atoms with Gasteiger partial charge in [-0.05, 0) is 31.4 Å². The van der Waals surface area contributed by atoms with Gasteiger partial charge in [-0.3, -0.25) is 0 Å². The van der Waals surface area contributed by atoms with E-state index in [9.17, 15) is 4.79 Å². The Morgan fingerprint density at radius 1 is 1.33 bits per heavy atom. The van der Waals surface area contributed by atoms with E-state index in [2.05, 4.69) is 5.32 Å². The van der Waals surface area contributed by atoms with Gasteiger partial charge in [0.15, 0.2) is 0 Å². The predicted octanol–water partition coefficient (Wildman–Crippen LogP) is 3.99. The highest BCUT2D eigenvalue weighted by Crippen LogP contribution is 2.33. The Morgan fingerprint density at radius 3 is 2.50 bits per heavy atom. The largest absolute Gasteiger partial charge is 0.412 e. The predicted molar refractivity (Wildman–Crippen MR) is 73.8 cm³/mol. The van der Waals surface area contributed by atoms with Crippen LogP contribution in [0.4, 0.5) is 4.79 Å². The summed E-state index contributed by atoms with van der Waals surface area (Å²) in [5.41, 5.74) is 0. The minimum absolute atomic E-state index is 0.198. The van der Waals surface area contributed by atoms with Gasteiger partial charge in [-0.1, -0.05) is 44.9 Å². The van der Waals surface area contributed by atoms with Crippen molar-refractivity contribution in [3.63, 3.8) is 0 Å². The maximum absolute atomic E-state index is 11.5. The van der Waals surface area contributed by atoms with E-state index in [4.69, 9.17) is 4.74 Å². The van der Waals surface area contributed by atoms with Gasteiger partial charge < -0.3 is 10.1 Å². The van der Waals surface area contributed by atoms with E-state index in [0.717, 1.165) is 12.3 Å². The maximum atomic E-state index is 11.5. The molecule has 1 unspecified atom stereocenters. The Kier molecular flexibility index (Phi) is 6.26. The van der Waals surface area contributed by atoms with E-state index in [-0.39, 0.29) is 12.1 Å². The lowest BCUT2D eigenvalue weighted by Crippen LogP contribution is -2.35. The molecule has 2 rings (SSSR count). The van der Waals surface area contributed by atoms with Crippen molar-refractivity contribution in [1.82, 2.24) is 5.32 Å². The average Bonchev–Trinajstić information content (AvgIpc) is 3.16. The molecule has 0 radical (unpaired) electrons. The van der Waals surface area contributed by atoms with E-state index in [1.54, 1.807) is 12.1 Å². The van der Waals surface area contributed by atoms with Gasteiger partial charge in [0.1, 0.15) is 5.75 Å². The Bertz CT molecular complexity index is 347. The zero-order valence-electron chi connectivity index (χ0n) is 11.5. The fourth-order valence-corrected chi connectivity index (χ4v) is 1.74. The van der Waals surface area contributed by atoms with Crippen molar-refractivity contribution in [3.05, 3.63) is 30.3 Å². The zero-order chi connectivity index (χ0) is 13.4. The number of nitrogens with one attached hydrogen (secondary N) is 1. The van der Waals surface area contributed by atoms with Gasteiger partial charge in [0, 0.05) is 6.04 Å². The summed E-state index contributed by atoms with van der Waals surface area (Å²) in [6, 6.07) is 9.31. The quantitative estimate of drug-likeness (QED) is 0.876. The van der Waals surface area contributed by atoms with Gasteiger partial charge in [-0.2, -0.15) is 0 Å². The summed E-state index contributed by atoms with van der Waals surface area (Å²) in [7, 11) is 0. The van der Waals surface area contributed by atoms with Crippen LogP contribution in [0.25, 0.3) is 0 Å². The first-order valence-electron chi connectivity index (χ1n) is 6.77. The number of amides is 1. The third-order valence-corrected chi connectivity index (χ3v) is 2.70. The van der Waals surface area contributed by atoms with Gasteiger partial charge in [0.25, 0.3) is 0 Å². The molecular weight excluding hydrogens is 226 g/mol. The van der Waals surface area contributed by atoms with Crippen LogP contribution in [0, 0.1) is 5.92 Å². The molecule has 1 aromatic rings. The highest BCUT2D eigenvalue weighted by Gasteiger charge is 2.24. The monoisotopic (exact) mass is 249 g/mol. The number of carbonyl (C=O) groups excluding carboxylic acids is 1. The molecular formula is C15H23NO2. The molecule has 1 amide bonds. The number of para-hydroxylation sites is 1. The molecule has 3 heteroatoms. The van der Waals surface area contributed by atoms with Crippen molar-refractivity contribution in [2.75, 3.05) is 0 Å². The van der Waals surface area contributed by atoms with Crippen molar-refractivity contribution >= 4 is 6.09 Å². The SMILES string of the molecule is CC.CC(CC1CC1)NC(=O)Oc1ccccc1. The van der Waals surface area contributed by atoms with Gasteiger partial charge >= 0.3 is 6.09 Å². The van der Waals surface area contributed by atoms with Crippen LogP contribution in [-0.2, 0) is 0 Å². The van der Waals surface area contributed by atoms with E-state index in [1.807, 2.05) is 39.0 Å². The molecule has 3 nitrogen and oxygen atoms in total. The molecule has 1 atom stereocenters. The van der Waals surface area contributed by atoms with Crippen LogP contribution >= 0.6 is 0 Å². The van der Waals surface area contributed by atoms with Crippen molar-refractivity contribution in [3.8, 4) is 5.75 Å². The van der Waals surface area contributed by atoms with E-state index >= 15 is 0 Å². The molecule has 0 spiro atoms. The van der Waals surface area contributed by atoms with Crippen LogP contribution in [0.5, 0.6) is 5.75 Å². The van der Waals surface area contributed by atoms with E-state index in [1.165, 1.54) is 12.8 Å². The van der Waals surface area contributed by atoms with Gasteiger partial charge in [-0.25, -0.2) is 4.79 Å². The first-order valence-corrected chi connectivity index (χ1v) is 6.77. The third-order valence-electron chi connectivity index (χ3n) is 2.70. The van der Waals surface area contributed by atoms with Crippen LogP contribution in [-0.4, -0.2) is 12.1 Å². The number of rotatable bonds is 4. The molecule has 1 aromatic carbocycles. The lowest BCUT2D eigenvalue weighted by molar-refractivity contribution is 0.196. The smallest absolute Gasteiger partial charge is 0.410 e. The average molecular weight is 249 g/mol. The number of hydrogen-bond acceptors (Lipinski definition) is 2. The molecule has 1 aliphatic rings. The number of hydrogen-bond donors (Lipinski definition) is 1. The molecule has 0 heterocycles. The summed E-state index contributed by atoms with van der Waals surface area (Å²) >= 11 is 0. The summed E-state index contributed by atoms with van der Waals surface area (Å²) in [6.07, 6.45) is 3.31. The minimum Gasteiger partial charge on any atom is -0.410 e. The fraction of sp³-hybridized carbons (Fsp3) is 0.533. The fourth-order valence-electron chi connectivity index (χ4n) is 1.74. The summed E-state index contributed by atoms with van der Waals surface area (Å²) in [6.45, 7) is 6.02. The van der Waals surface area contributed by atoms with Crippen molar-refractivity contribution in [2.45, 2.75) is 46.1 Å². The second-order valence-corrected chi connectivity index (χ2v) is 4.43. The minimum atomic E-state index is -0.362. The van der Waals surface area contributed by atoms with Crippen molar-refractivity contribution in [1.29, 1.82) is 0 Å². The van der Waals surface area contributed by atoms with E-state index < -0.39 is 0 Å². The highest BCUT2D eigenvalue weighted by molar-refractivity contribution is 5.70. The van der Waals surface area contributed by atoms with Crippen molar-refractivity contribution < 1.29 is 9.53 Å². The molecule has 0 aromatic heterocycles. The molecule has 1 saturated carbocycles. The number of benzene rings is 1. The zero-order valence-corrected chi connectivity index (χ0v) is 11.5. The summed E-state index contributed by atoms with van der Waals surface area (Å²) in [5.74, 6) is 1.39. The first-order chi connectivity index (χ1) is 8.74. The molecule has 0 saturated heterocycles. The molecule has 1 N–H and O–H groups in total. The topological polar surface area (TPSA) is 38.3 Å². The molecule has 0 aliphatic heterocycles. The Labute approximate surface area is 110 Å². The maximum Gasteiger partial charge on any atom is 0.412 e. The summed E-state index contributed by atoms with van der Waals surface area (Å²) < 4.78 is 5.14. The summed E-state index contributed by atoms with van der Waals surface area (Å²) in [5, 5.41) is 2.84. The van der Waals surface area contributed by atoms with Gasteiger partial charge in [-0.15, -0.1) is 0 Å². The van der Waals surface area contributed by atoms with Gasteiger partial charge in [0.2, 0.25) is 0 Å². The lowest BCUT2D eigenvalue weighted by atomic mass is 10.2. The van der Waals surface area contributed by atoms with Crippen LogP contribution in [0.1, 0.15) is 40.0 Å². The Hall–Kier alpha value is -1.51. The van der Waals surface area contributed by atoms with Crippen LogP contribution in [0.3, 0.4) is 0 Å². The second-order valence-electron chi connectivity index (χ2n) is 4.43. The van der Waals surface area contributed by atoms with Gasteiger partial charge in [0.05, 0.1) is 0 Å². The molecule has 0 bridgehead atoms. The Morgan fingerprint density at radius 2 is 1.94 bits per heavy atom. The van der Waals surface area contributed by atoms with Crippen LogP contribution in [0.15, 0.2) is 30.3 Å². The molecule has 18 heavy (non-hydrogen) atoms. The second kappa shape index (κ2) is 7.75. The standard InChI is InChI=1S/C13H17NO2.C2H6/c1-10(9-11-7-8-11)14-13(15)16-12-5-3-2-4-6-12;1-2/h2-6,10-11H,7-9H2,1H3,(H,14,15);1-2H3. The third kappa shape index (κ3) is 5.71. The highest BCUT2D eigenvalue weighted by atomic mass is 16.6. The summed E-state index contributed by atoms with van der Waals surface area (Å²) in [4.78, 5) is 11.5. The normalized spacial score (nSPS) is 15.1. The van der Waals surface area contributed by atoms with Crippen LogP contribution < -0.4 is 10.1 Å². The number of carbonyl (C=O) groups is 1. The molecule has 1 fully saturated rings.